The third-order valence-corrected chi connectivity index (χ3v) is 2.91. The highest BCUT2D eigenvalue weighted by Gasteiger charge is 2.10. The summed E-state index contributed by atoms with van der Waals surface area (Å²) in [5, 5.41) is 0. The second-order valence-corrected chi connectivity index (χ2v) is 4.91. The molecule has 0 atom stereocenters. The molecule has 0 heterocycles. The van der Waals surface area contributed by atoms with Gasteiger partial charge < -0.3 is 5.73 Å². The Kier molecular flexibility index (Phi) is 5.16. The minimum absolute atomic E-state index is 0.354. The number of nitrogens with one attached hydrogen (secondary N) is 1. The molecule has 1 aromatic rings. The summed E-state index contributed by atoms with van der Waals surface area (Å²) in [5.41, 5.74) is 7.40. The van der Waals surface area contributed by atoms with Crippen molar-refractivity contribution in [3.63, 3.8) is 0 Å². The highest BCUT2D eigenvalue weighted by atomic mass is 127. The maximum atomic E-state index is 11.6. The summed E-state index contributed by atoms with van der Waals surface area (Å²) in [7, 11) is 0. The summed E-state index contributed by atoms with van der Waals surface area (Å²) < 4.78 is 1.56. The van der Waals surface area contributed by atoms with Gasteiger partial charge in [-0.15, -0.1) is 0 Å². The number of benzene rings is 1. The van der Waals surface area contributed by atoms with E-state index >= 15 is 0 Å². The summed E-state index contributed by atoms with van der Waals surface area (Å²) in [4.78, 5) is 26.6. The second-order valence-electron chi connectivity index (χ2n) is 2.81. The van der Waals surface area contributed by atoms with E-state index in [9.17, 15) is 9.59 Å². The zero-order valence-electron chi connectivity index (χ0n) is 8.00. The fraction of sp³-hybridized carbons (Fsp3) is 0.111. The molecule has 0 aliphatic carbocycles. The van der Waals surface area contributed by atoms with Crippen molar-refractivity contribution in [2.24, 2.45) is 5.73 Å². The Balaban J connectivity index is 2.65. The van der Waals surface area contributed by atoms with Gasteiger partial charge in [-0.2, -0.15) is 0 Å². The molecular weight excluding hydrogens is 391 g/mol. The molecule has 3 N–H and O–H groups in total. The predicted octanol–water partition coefficient (Wildman–Crippen LogP) is 1.20. The van der Waals surface area contributed by atoms with Crippen molar-refractivity contribution < 1.29 is 14.4 Å². The van der Waals surface area contributed by atoms with Gasteiger partial charge in [0.25, 0.3) is 5.91 Å². The summed E-state index contributed by atoms with van der Waals surface area (Å²) in [6.45, 7) is -0.354. The molecule has 0 spiro atoms. The number of hydrogen-bond acceptors (Lipinski definition) is 3. The highest BCUT2D eigenvalue weighted by molar-refractivity contribution is 14.1. The molecule has 0 fully saturated rings. The van der Waals surface area contributed by atoms with Crippen LogP contribution in [0.3, 0.4) is 0 Å². The van der Waals surface area contributed by atoms with Crippen LogP contribution in [-0.4, -0.2) is 18.4 Å². The number of nitrogens with two attached hydrogens (primary N) is 1. The third kappa shape index (κ3) is 4.06. The predicted molar refractivity (Wildman–Crippen MR) is 69.5 cm³/mol. The molecule has 0 aliphatic heterocycles. The van der Waals surface area contributed by atoms with Crippen LogP contribution >= 0.6 is 38.5 Å². The SMILES string of the molecule is NC(=O)CONC(=O)c1cc(I)ccc1Br. The summed E-state index contributed by atoms with van der Waals surface area (Å²) >= 11 is 5.33. The lowest BCUT2D eigenvalue weighted by molar-refractivity contribution is -0.124. The first-order chi connectivity index (χ1) is 7.50. The van der Waals surface area contributed by atoms with Crippen molar-refractivity contribution >= 4 is 50.3 Å². The molecule has 0 saturated heterocycles. The van der Waals surface area contributed by atoms with Crippen molar-refractivity contribution in [1.82, 2.24) is 5.48 Å². The van der Waals surface area contributed by atoms with Crippen molar-refractivity contribution in [3.8, 4) is 0 Å². The third-order valence-electron chi connectivity index (χ3n) is 1.55. The van der Waals surface area contributed by atoms with E-state index in [1.807, 2.05) is 6.07 Å². The van der Waals surface area contributed by atoms with Crippen LogP contribution in [0.1, 0.15) is 10.4 Å². The van der Waals surface area contributed by atoms with E-state index in [-0.39, 0.29) is 6.61 Å². The minimum atomic E-state index is -0.651. The zero-order valence-corrected chi connectivity index (χ0v) is 11.7. The van der Waals surface area contributed by atoms with Crippen molar-refractivity contribution in [1.29, 1.82) is 0 Å². The first kappa shape index (κ1) is 13.4. The molecule has 0 unspecified atom stereocenters. The van der Waals surface area contributed by atoms with Crippen molar-refractivity contribution in [3.05, 3.63) is 31.8 Å². The topological polar surface area (TPSA) is 81.4 Å². The van der Waals surface area contributed by atoms with E-state index in [1.54, 1.807) is 12.1 Å². The number of primary amides is 1. The molecule has 86 valence electrons. The van der Waals surface area contributed by atoms with Crippen LogP contribution in [0.15, 0.2) is 22.7 Å². The van der Waals surface area contributed by atoms with Gasteiger partial charge in [-0.3, -0.25) is 14.4 Å². The fourth-order valence-corrected chi connectivity index (χ4v) is 1.82. The molecule has 1 rings (SSSR count). The molecule has 16 heavy (non-hydrogen) atoms. The number of amides is 2. The van der Waals surface area contributed by atoms with E-state index in [0.29, 0.717) is 10.0 Å². The van der Waals surface area contributed by atoms with Gasteiger partial charge in [0.1, 0.15) is 0 Å². The van der Waals surface area contributed by atoms with Gasteiger partial charge in [-0.1, -0.05) is 0 Å². The summed E-state index contributed by atoms with van der Waals surface area (Å²) in [6.07, 6.45) is 0. The first-order valence-corrected chi connectivity index (χ1v) is 6.03. The highest BCUT2D eigenvalue weighted by Crippen LogP contribution is 2.19. The molecular formula is C9H8BrIN2O3. The van der Waals surface area contributed by atoms with E-state index < -0.39 is 11.8 Å². The Morgan fingerprint density at radius 2 is 2.19 bits per heavy atom. The van der Waals surface area contributed by atoms with Crippen LogP contribution < -0.4 is 11.2 Å². The monoisotopic (exact) mass is 398 g/mol. The maximum Gasteiger partial charge on any atom is 0.276 e. The maximum absolute atomic E-state index is 11.6. The molecule has 0 saturated carbocycles. The Morgan fingerprint density at radius 1 is 1.50 bits per heavy atom. The zero-order chi connectivity index (χ0) is 12.1. The van der Waals surface area contributed by atoms with Gasteiger partial charge in [0.15, 0.2) is 6.61 Å². The van der Waals surface area contributed by atoms with Crippen LogP contribution in [0, 0.1) is 3.57 Å². The van der Waals surface area contributed by atoms with Crippen LogP contribution in [0.4, 0.5) is 0 Å². The van der Waals surface area contributed by atoms with E-state index in [1.165, 1.54) is 0 Å². The van der Waals surface area contributed by atoms with Gasteiger partial charge >= 0.3 is 0 Å². The van der Waals surface area contributed by atoms with E-state index in [0.717, 1.165) is 3.57 Å². The largest absolute Gasteiger partial charge is 0.368 e. The normalized spacial score (nSPS) is 9.88. The Morgan fingerprint density at radius 3 is 2.81 bits per heavy atom. The van der Waals surface area contributed by atoms with Gasteiger partial charge in [0.2, 0.25) is 5.91 Å². The number of carbonyl (C=O) groups is 2. The van der Waals surface area contributed by atoms with Gasteiger partial charge in [-0.25, -0.2) is 5.48 Å². The number of hydroxylamine groups is 1. The molecule has 1 aromatic carbocycles. The van der Waals surface area contributed by atoms with Crippen LogP contribution in [0.25, 0.3) is 0 Å². The van der Waals surface area contributed by atoms with Gasteiger partial charge in [0.05, 0.1) is 5.56 Å². The average Bonchev–Trinajstić information content (AvgIpc) is 2.21. The lowest BCUT2D eigenvalue weighted by Crippen LogP contribution is -2.29. The Hall–Kier alpha value is -0.670. The van der Waals surface area contributed by atoms with Crippen molar-refractivity contribution in [2.75, 3.05) is 6.61 Å². The van der Waals surface area contributed by atoms with E-state index in [2.05, 4.69) is 48.8 Å². The molecule has 0 aromatic heterocycles. The van der Waals surface area contributed by atoms with Crippen LogP contribution in [0.5, 0.6) is 0 Å². The van der Waals surface area contributed by atoms with Crippen LogP contribution in [0.2, 0.25) is 0 Å². The fourth-order valence-electron chi connectivity index (χ4n) is 0.899. The van der Waals surface area contributed by atoms with Gasteiger partial charge in [0, 0.05) is 8.04 Å². The van der Waals surface area contributed by atoms with Gasteiger partial charge in [-0.05, 0) is 56.7 Å². The first-order valence-electron chi connectivity index (χ1n) is 4.16. The van der Waals surface area contributed by atoms with E-state index in [4.69, 9.17) is 5.73 Å². The standard InChI is InChI=1S/C9H8BrIN2O3/c10-7-2-1-5(11)3-6(7)9(15)13-16-4-8(12)14/h1-3H,4H2,(H2,12,14)(H,13,15). The number of carbonyl (C=O) groups excluding carboxylic acids is 2. The Labute approximate surface area is 114 Å². The lowest BCUT2D eigenvalue weighted by atomic mass is 10.2. The van der Waals surface area contributed by atoms with Crippen LogP contribution in [-0.2, 0) is 9.63 Å². The molecule has 7 heteroatoms. The molecule has 0 bridgehead atoms. The molecule has 5 nitrogen and oxygen atoms in total. The molecule has 2 amide bonds. The van der Waals surface area contributed by atoms with Crippen molar-refractivity contribution in [2.45, 2.75) is 0 Å². The number of hydrogen-bond donors (Lipinski definition) is 2. The lowest BCUT2D eigenvalue weighted by Gasteiger charge is -2.06. The quantitative estimate of drug-likeness (QED) is 0.590. The average molecular weight is 399 g/mol. The minimum Gasteiger partial charge on any atom is -0.368 e. The Bertz CT molecular complexity index is 425. The number of rotatable bonds is 4. The molecule has 0 aliphatic rings. The number of halogens is 2. The molecule has 0 radical (unpaired) electrons. The summed E-state index contributed by atoms with van der Waals surface area (Å²) in [5.74, 6) is -1.09. The smallest absolute Gasteiger partial charge is 0.276 e. The second kappa shape index (κ2) is 6.16. The summed E-state index contributed by atoms with van der Waals surface area (Å²) in [6, 6.07) is 5.30.